The Labute approximate surface area is 94.1 Å². The van der Waals surface area contributed by atoms with E-state index in [1.54, 1.807) is 16.9 Å². The van der Waals surface area contributed by atoms with Crippen molar-refractivity contribution in [3.8, 4) is 0 Å². The zero-order valence-corrected chi connectivity index (χ0v) is 9.13. The van der Waals surface area contributed by atoms with Gasteiger partial charge in [-0.1, -0.05) is 0 Å². The van der Waals surface area contributed by atoms with E-state index in [9.17, 15) is 0 Å². The number of rotatable bonds is 6. The minimum Gasteiger partial charge on any atom is -0.396 e. The Morgan fingerprint density at radius 3 is 3.06 bits per heavy atom. The van der Waals surface area contributed by atoms with E-state index in [0.717, 1.165) is 37.1 Å². The molecule has 16 heavy (non-hydrogen) atoms. The largest absolute Gasteiger partial charge is 0.396 e. The van der Waals surface area contributed by atoms with Crippen molar-refractivity contribution in [2.75, 3.05) is 18.5 Å². The quantitative estimate of drug-likeness (QED) is 0.720. The van der Waals surface area contributed by atoms with E-state index in [1.165, 1.54) is 0 Å². The average molecular weight is 220 g/mol. The van der Waals surface area contributed by atoms with E-state index in [1.807, 2.05) is 12.3 Å². The minimum absolute atomic E-state index is 0.274. The van der Waals surface area contributed by atoms with Crippen LogP contribution in [-0.2, 0) is 0 Å². The molecule has 0 saturated carbocycles. The molecule has 86 valence electrons. The second kappa shape index (κ2) is 5.46. The Hall–Kier alpha value is -1.62. The number of fused-ring (bicyclic) bond motifs is 1. The van der Waals surface area contributed by atoms with Crippen LogP contribution in [0.3, 0.4) is 0 Å². The average Bonchev–Trinajstić information content (AvgIpc) is 2.77. The molecule has 5 nitrogen and oxygen atoms in total. The van der Waals surface area contributed by atoms with Crippen LogP contribution in [0.2, 0.25) is 0 Å². The monoisotopic (exact) mass is 220 g/mol. The molecule has 0 aliphatic rings. The summed E-state index contributed by atoms with van der Waals surface area (Å²) in [6.07, 6.45) is 8.26. The molecule has 0 radical (unpaired) electrons. The van der Waals surface area contributed by atoms with Gasteiger partial charge in [0.25, 0.3) is 0 Å². The maximum Gasteiger partial charge on any atom is 0.152 e. The summed E-state index contributed by atoms with van der Waals surface area (Å²) in [4.78, 5) is 4.28. The summed E-state index contributed by atoms with van der Waals surface area (Å²) in [5, 5.41) is 16.1. The molecule has 2 aromatic heterocycles. The Morgan fingerprint density at radius 1 is 1.25 bits per heavy atom. The van der Waals surface area contributed by atoms with Crippen LogP contribution in [0.4, 0.5) is 5.82 Å². The maximum absolute atomic E-state index is 8.65. The number of anilines is 1. The highest BCUT2D eigenvalue weighted by Crippen LogP contribution is 2.12. The van der Waals surface area contributed by atoms with Gasteiger partial charge in [-0.15, -0.1) is 0 Å². The van der Waals surface area contributed by atoms with Gasteiger partial charge in [-0.2, -0.15) is 5.10 Å². The van der Waals surface area contributed by atoms with Gasteiger partial charge < -0.3 is 10.4 Å². The number of aliphatic hydroxyl groups excluding tert-OH is 1. The first-order valence-corrected chi connectivity index (χ1v) is 5.55. The standard InChI is InChI=1S/C11H16N4O/c16-9-3-1-2-5-12-11-10-4-6-14-15(10)8-7-13-11/h4,6-8,16H,1-3,5,9H2,(H,12,13). The van der Waals surface area contributed by atoms with E-state index >= 15 is 0 Å². The zero-order valence-electron chi connectivity index (χ0n) is 9.13. The lowest BCUT2D eigenvalue weighted by Crippen LogP contribution is -2.05. The van der Waals surface area contributed by atoms with E-state index < -0.39 is 0 Å². The molecule has 0 unspecified atom stereocenters. The lowest BCUT2D eigenvalue weighted by atomic mass is 10.2. The van der Waals surface area contributed by atoms with Gasteiger partial charge in [-0.25, -0.2) is 9.50 Å². The predicted octanol–water partition coefficient (Wildman–Crippen LogP) is 1.30. The number of unbranched alkanes of at least 4 members (excludes halogenated alkanes) is 2. The first kappa shape index (κ1) is 10.9. The van der Waals surface area contributed by atoms with Crippen molar-refractivity contribution in [3.63, 3.8) is 0 Å². The van der Waals surface area contributed by atoms with E-state index in [0.29, 0.717) is 0 Å². The third kappa shape index (κ3) is 2.49. The smallest absolute Gasteiger partial charge is 0.152 e. The van der Waals surface area contributed by atoms with E-state index in [-0.39, 0.29) is 6.61 Å². The highest BCUT2D eigenvalue weighted by molar-refractivity contribution is 5.66. The summed E-state index contributed by atoms with van der Waals surface area (Å²) in [6.45, 7) is 1.15. The fraction of sp³-hybridized carbons (Fsp3) is 0.455. The molecule has 2 aromatic rings. The third-order valence-corrected chi connectivity index (χ3v) is 2.45. The van der Waals surface area contributed by atoms with Gasteiger partial charge >= 0.3 is 0 Å². The van der Waals surface area contributed by atoms with Crippen molar-refractivity contribution < 1.29 is 5.11 Å². The minimum atomic E-state index is 0.274. The van der Waals surface area contributed by atoms with E-state index in [2.05, 4.69) is 15.4 Å². The Kier molecular flexibility index (Phi) is 3.71. The van der Waals surface area contributed by atoms with Gasteiger partial charge in [0.2, 0.25) is 0 Å². The number of aliphatic hydroxyl groups is 1. The van der Waals surface area contributed by atoms with Crippen molar-refractivity contribution in [2.24, 2.45) is 0 Å². The zero-order chi connectivity index (χ0) is 11.2. The molecule has 0 fully saturated rings. The molecule has 0 atom stereocenters. The highest BCUT2D eigenvalue weighted by Gasteiger charge is 2.01. The van der Waals surface area contributed by atoms with Gasteiger partial charge in [-0.3, -0.25) is 0 Å². The molecular formula is C11H16N4O. The van der Waals surface area contributed by atoms with Crippen LogP contribution in [-0.4, -0.2) is 32.9 Å². The van der Waals surface area contributed by atoms with Gasteiger partial charge in [0.15, 0.2) is 5.82 Å². The molecule has 2 rings (SSSR count). The SMILES string of the molecule is OCCCCCNc1nccn2nccc12. The summed E-state index contributed by atoms with van der Waals surface area (Å²) < 4.78 is 1.79. The van der Waals surface area contributed by atoms with Crippen molar-refractivity contribution in [1.82, 2.24) is 14.6 Å². The van der Waals surface area contributed by atoms with Crippen LogP contribution in [0, 0.1) is 0 Å². The number of nitrogens with one attached hydrogen (secondary N) is 1. The first-order valence-electron chi connectivity index (χ1n) is 5.55. The highest BCUT2D eigenvalue weighted by atomic mass is 16.2. The molecule has 5 heteroatoms. The fourth-order valence-electron chi connectivity index (χ4n) is 1.61. The number of aromatic nitrogens is 3. The van der Waals surface area contributed by atoms with Gasteiger partial charge in [0, 0.05) is 25.5 Å². The molecule has 0 aromatic carbocycles. The Balaban J connectivity index is 1.91. The maximum atomic E-state index is 8.65. The van der Waals surface area contributed by atoms with Gasteiger partial charge in [0.1, 0.15) is 5.52 Å². The lowest BCUT2D eigenvalue weighted by molar-refractivity contribution is 0.283. The van der Waals surface area contributed by atoms with Gasteiger partial charge in [0.05, 0.1) is 6.20 Å². The molecule has 0 spiro atoms. The van der Waals surface area contributed by atoms with Crippen molar-refractivity contribution >= 4 is 11.3 Å². The van der Waals surface area contributed by atoms with Crippen molar-refractivity contribution in [3.05, 3.63) is 24.7 Å². The summed E-state index contributed by atoms with van der Waals surface area (Å²) in [7, 11) is 0. The Morgan fingerprint density at radius 2 is 2.19 bits per heavy atom. The van der Waals surface area contributed by atoms with E-state index in [4.69, 9.17) is 5.11 Å². The molecule has 2 N–H and O–H groups in total. The molecule has 0 aliphatic heterocycles. The van der Waals surface area contributed by atoms with Crippen molar-refractivity contribution in [2.45, 2.75) is 19.3 Å². The third-order valence-electron chi connectivity index (χ3n) is 2.45. The molecule has 0 bridgehead atoms. The van der Waals surface area contributed by atoms with Crippen LogP contribution >= 0.6 is 0 Å². The van der Waals surface area contributed by atoms with Gasteiger partial charge in [-0.05, 0) is 25.3 Å². The van der Waals surface area contributed by atoms with Crippen LogP contribution in [0.1, 0.15) is 19.3 Å². The summed E-state index contributed by atoms with van der Waals surface area (Å²) in [5.74, 6) is 0.865. The molecule has 0 aliphatic carbocycles. The summed E-state index contributed by atoms with van der Waals surface area (Å²) in [5.41, 5.74) is 0.990. The first-order chi connectivity index (χ1) is 7.92. The van der Waals surface area contributed by atoms with Crippen LogP contribution in [0.25, 0.3) is 5.52 Å². The van der Waals surface area contributed by atoms with Crippen molar-refractivity contribution in [1.29, 1.82) is 0 Å². The molecule has 0 amide bonds. The molecular weight excluding hydrogens is 204 g/mol. The second-order valence-electron chi connectivity index (χ2n) is 3.65. The lowest BCUT2D eigenvalue weighted by Gasteiger charge is -2.06. The van der Waals surface area contributed by atoms with Crippen LogP contribution in [0.5, 0.6) is 0 Å². The Bertz CT molecular complexity index is 440. The van der Waals surface area contributed by atoms with Crippen LogP contribution in [0.15, 0.2) is 24.7 Å². The summed E-state index contributed by atoms with van der Waals surface area (Å²) >= 11 is 0. The topological polar surface area (TPSA) is 62.5 Å². The number of nitrogens with zero attached hydrogens (tertiary/aromatic N) is 3. The predicted molar refractivity (Wildman–Crippen MR) is 62.4 cm³/mol. The fourth-order valence-corrected chi connectivity index (χ4v) is 1.61. The van der Waals surface area contributed by atoms with Crippen LogP contribution < -0.4 is 5.32 Å². The molecule has 0 saturated heterocycles. The normalized spacial score (nSPS) is 10.8. The molecule has 2 heterocycles. The number of hydrogen-bond acceptors (Lipinski definition) is 4. The summed E-state index contributed by atoms with van der Waals surface area (Å²) in [6, 6.07) is 1.93. The number of hydrogen-bond donors (Lipinski definition) is 2. The second-order valence-corrected chi connectivity index (χ2v) is 3.65.